The van der Waals surface area contributed by atoms with Gasteiger partial charge in [0.1, 0.15) is 54.4 Å². The Balaban J connectivity index is 5.96. The van der Waals surface area contributed by atoms with Gasteiger partial charge >= 0.3 is 5.97 Å². The number of carboxylic acid groups (broad SMARTS) is 1. The minimum Gasteiger partial charge on any atom is -0.481 e. The van der Waals surface area contributed by atoms with Crippen LogP contribution < -0.4 is 70.4 Å². The number of rotatable bonds is 35. The standard InChI is InChI=1S/C48H87N13O13/c1-13-26(8)38(61-40(66)27(9)50)48(74)55-30(12)43(69)60-37(25(6)7)47(73)59-34(21-24(4)5)44(70)52-22-35(62)56-32(17-18-36(63)64)46(72)54-28(10)41(67)57-31(16-14-15-19-49)45(71)53-29(11)42(68)58-33(39(51)65)20-23(2)3/h23-34,37-38H,13-22,49-50H2,1-12H3,(H2,51,65)(H,52,70)(H,53,71)(H,54,72)(H,55,74)(H,56,62)(H,57,67)(H,58,68)(H,59,73)(H,60,69)(H,61,66)(H,63,64)/t26-,27-,28-,29-,30-,31-,32-,33-,34-,37-,38-/m0/s1. The molecule has 0 aliphatic heterocycles. The molecule has 0 bridgehead atoms. The van der Waals surface area contributed by atoms with Crippen LogP contribution in [0.3, 0.4) is 0 Å². The van der Waals surface area contributed by atoms with Crippen LogP contribution >= 0.6 is 0 Å². The van der Waals surface area contributed by atoms with Crippen LogP contribution in [0.1, 0.15) is 134 Å². The first-order valence-electron chi connectivity index (χ1n) is 25.3. The Morgan fingerprint density at radius 2 is 0.905 bits per heavy atom. The van der Waals surface area contributed by atoms with Gasteiger partial charge in [-0.25, -0.2) is 0 Å². The molecule has 26 nitrogen and oxygen atoms in total. The number of amides is 11. The lowest BCUT2D eigenvalue weighted by Gasteiger charge is -2.28. The van der Waals surface area contributed by atoms with E-state index in [0.717, 1.165) is 0 Å². The van der Waals surface area contributed by atoms with Crippen molar-refractivity contribution in [3.8, 4) is 0 Å². The van der Waals surface area contributed by atoms with Crippen LogP contribution in [-0.4, -0.2) is 150 Å². The van der Waals surface area contributed by atoms with Gasteiger partial charge in [-0.15, -0.1) is 0 Å². The van der Waals surface area contributed by atoms with Gasteiger partial charge < -0.3 is 75.5 Å². The molecule has 0 rings (SSSR count). The summed E-state index contributed by atoms with van der Waals surface area (Å²) in [6, 6.07) is -11.7. The summed E-state index contributed by atoms with van der Waals surface area (Å²) in [7, 11) is 0. The summed E-state index contributed by atoms with van der Waals surface area (Å²) in [5, 5.41) is 34.5. The van der Waals surface area contributed by atoms with Crippen molar-refractivity contribution < 1.29 is 62.6 Å². The highest BCUT2D eigenvalue weighted by atomic mass is 16.4. The van der Waals surface area contributed by atoms with Crippen LogP contribution in [0.2, 0.25) is 0 Å². The molecule has 0 radical (unpaired) electrons. The monoisotopic (exact) mass is 1050 g/mol. The van der Waals surface area contributed by atoms with E-state index in [9.17, 15) is 62.6 Å². The van der Waals surface area contributed by atoms with Crippen molar-refractivity contribution in [1.82, 2.24) is 53.2 Å². The van der Waals surface area contributed by atoms with Gasteiger partial charge in [-0.2, -0.15) is 0 Å². The van der Waals surface area contributed by atoms with E-state index < -0.39 is 157 Å². The molecule has 0 spiro atoms. The highest BCUT2D eigenvalue weighted by molar-refractivity contribution is 5.98. The Bertz CT molecular complexity index is 1930. The normalized spacial score (nSPS) is 15.7. The summed E-state index contributed by atoms with van der Waals surface area (Å²) >= 11 is 0. The molecular formula is C48H87N13O13. The van der Waals surface area contributed by atoms with Gasteiger partial charge in [-0.3, -0.25) is 57.5 Å². The number of aliphatic carboxylic acids is 1. The van der Waals surface area contributed by atoms with E-state index in [-0.39, 0.29) is 43.6 Å². The maximum absolute atomic E-state index is 13.7. The maximum atomic E-state index is 13.7. The van der Waals surface area contributed by atoms with Gasteiger partial charge in [-0.05, 0) is 96.4 Å². The van der Waals surface area contributed by atoms with Crippen LogP contribution in [0.4, 0.5) is 0 Å². The number of hydrogen-bond donors (Lipinski definition) is 14. The van der Waals surface area contributed by atoms with Gasteiger partial charge in [-0.1, -0.05) is 61.8 Å². The number of hydrogen-bond acceptors (Lipinski definition) is 14. The van der Waals surface area contributed by atoms with Gasteiger partial charge in [0.25, 0.3) is 0 Å². The van der Waals surface area contributed by atoms with Crippen molar-refractivity contribution in [1.29, 1.82) is 0 Å². The fraction of sp³-hybridized carbons (Fsp3) is 0.750. The zero-order valence-corrected chi connectivity index (χ0v) is 45.2. The Labute approximate surface area is 434 Å². The molecule has 17 N–H and O–H groups in total. The lowest BCUT2D eigenvalue weighted by atomic mass is 9.97. The molecular weight excluding hydrogens is 967 g/mol. The van der Waals surface area contributed by atoms with Crippen molar-refractivity contribution in [2.45, 2.75) is 195 Å². The molecule has 0 aliphatic rings. The first-order chi connectivity index (χ1) is 34.4. The Morgan fingerprint density at radius 3 is 1.35 bits per heavy atom. The first kappa shape index (κ1) is 67.6. The predicted molar refractivity (Wildman–Crippen MR) is 273 cm³/mol. The van der Waals surface area contributed by atoms with Crippen molar-refractivity contribution in [3.63, 3.8) is 0 Å². The molecule has 26 heteroatoms. The minimum absolute atomic E-state index is 0.0184. The summed E-state index contributed by atoms with van der Waals surface area (Å²) < 4.78 is 0. The van der Waals surface area contributed by atoms with Crippen LogP contribution in [0, 0.1) is 23.7 Å². The fourth-order valence-corrected chi connectivity index (χ4v) is 7.04. The lowest BCUT2D eigenvalue weighted by molar-refractivity contribution is -0.138. The summed E-state index contributed by atoms with van der Waals surface area (Å²) in [5.74, 6) is -10.7. The molecule has 0 aliphatic carbocycles. The average Bonchev–Trinajstić information content (AvgIpc) is 3.30. The molecule has 0 aromatic carbocycles. The largest absolute Gasteiger partial charge is 0.481 e. The number of nitrogens with two attached hydrogens (primary N) is 3. The van der Waals surface area contributed by atoms with E-state index in [0.29, 0.717) is 19.3 Å². The number of carbonyl (C=O) groups excluding carboxylic acids is 11. The molecule has 0 fully saturated rings. The third-order valence-electron chi connectivity index (χ3n) is 11.7. The number of nitrogens with one attached hydrogen (secondary N) is 10. The highest BCUT2D eigenvalue weighted by Crippen LogP contribution is 2.12. The highest BCUT2D eigenvalue weighted by Gasteiger charge is 2.34. The number of carbonyl (C=O) groups is 12. The molecule has 0 saturated carbocycles. The third-order valence-corrected chi connectivity index (χ3v) is 11.7. The zero-order chi connectivity index (χ0) is 57.2. The number of carboxylic acids is 1. The molecule has 0 aromatic rings. The Kier molecular flexibility index (Phi) is 31.2. The van der Waals surface area contributed by atoms with E-state index >= 15 is 0 Å². The number of primary amides is 1. The zero-order valence-electron chi connectivity index (χ0n) is 45.2. The SMILES string of the molecule is CC[C@H](C)[C@H](NC(=O)[C@H](C)N)C(=O)N[C@@H](C)C(=O)N[C@H](C(=O)N[C@@H](CC(C)C)C(=O)NCC(=O)N[C@@H](CCC(=O)O)C(=O)N[C@@H](C)C(=O)N[C@@H](CCCCN)C(=O)N[C@@H](C)C(=O)N[C@@H](CC(C)C)C(N)=O)C(C)C. The van der Waals surface area contributed by atoms with Crippen LogP contribution in [0.5, 0.6) is 0 Å². The second-order valence-electron chi connectivity index (χ2n) is 20.0. The van der Waals surface area contributed by atoms with Gasteiger partial charge in [0.15, 0.2) is 0 Å². The van der Waals surface area contributed by atoms with Crippen molar-refractivity contribution in [2.24, 2.45) is 40.9 Å². The van der Waals surface area contributed by atoms with Crippen LogP contribution in [-0.2, 0) is 57.5 Å². The summed E-state index contributed by atoms with van der Waals surface area (Å²) in [4.78, 5) is 156. The molecule has 11 amide bonds. The minimum atomic E-state index is -1.53. The van der Waals surface area contributed by atoms with Crippen molar-refractivity contribution in [3.05, 3.63) is 0 Å². The molecule has 0 heterocycles. The predicted octanol–water partition coefficient (Wildman–Crippen LogP) is -2.85. The lowest BCUT2D eigenvalue weighted by Crippen LogP contribution is -2.60. The van der Waals surface area contributed by atoms with Gasteiger partial charge in [0.05, 0.1) is 12.6 Å². The second-order valence-corrected chi connectivity index (χ2v) is 20.0. The van der Waals surface area contributed by atoms with Gasteiger partial charge in [0.2, 0.25) is 65.0 Å². The van der Waals surface area contributed by atoms with Gasteiger partial charge in [0, 0.05) is 6.42 Å². The van der Waals surface area contributed by atoms with E-state index in [1.165, 1.54) is 27.7 Å². The van der Waals surface area contributed by atoms with Crippen LogP contribution in [0.15, 0.2) is 0 Å². The summed E-state index contributed by atoms with van der Waals surface area (Å²) in [6.45, 7) is 19.1. The second kappa shape index (κ2) is 34.1. The molecule has 11 atom stereocenters. The van der Waals surface area contributed by atoms with Crippen molar-refractivity contribution in [2.75, 3.05) is 13.1 Å². The molecule has 422 valence electrons. The smallest absolute Gasteiger partial charge is 0.303 e. The van der Waals surface area contributed by atoms with Crippen LogP contribution in [0.25, 0.3) is 0 Å². The average molecular weight is 1050 g/mol. The molecule has 0 aromatic heterocycles. The van der Waals surface area contributed by atoms with Crippen molar-refractivity contribution >= 4 is 70.9 Å². The van der Waals surface area contributed by atoms with E-state index in [1.807, 2.05) is 20.8 Å². The first-order valence-corrected chi connectivity index (χ1v) is 25.3. The maximum Gasteiger partial charge on any atom is 0.303 e. The summed E-state index contributed by atoms with van der Waals surface area (Å²) in [5.41, 5.74) is 16.7. The van der Waals surface area contributed by atoms with E-state index in [4.69, 9.17) is 17.2 Å². The molecule has 0 saturated heterocycles. The van der Waals surface area contributed by atoms with E-state index in [1.54, 1.807) is 34.6 Å². The quantitative estimate of drug-likeness (QED) is 0.0284. The Morgan fingerprint density at radius 1 is 0.473 bits per heavy atom. The fourth-order valence-electron chi connectivity index (χ4n) is 7.04. The molecule has 0 unspecified atom stereocenters. The summed E-state index contributed by atoms with van der Waals surface area (Å²) in [6.07, 6.45) is 0.785. The Hall–Kier alpha value is -6.44. The number of unbranched alkanes of at least 4 members (excludes halogenated alkanes) is 1. The van der Waals surface area contributed by atoms with E-state index in [2.05, 4.69) is 53.2 Å². The molecule has 74 heavy (non-hydrogen) atoms. The third kappa shape index (κ3) is 26.0. The topological polar surface area (TPSA) is 423 Å².